The van der Waals surface area contributed by atoms with Gasteiger partial charge in [-0.05, 0) is 24.8 Å². The highest BCUT2D eigenvalue weighted by Crippen LogP contribution is 2.38. The number of hydrogen-bond acceptors (Lipinski definition) is 3. The van der Waals surface area contributed by atoms with E-state index in [1.165, 1.54) is 32.1 Å². The van der Waals surface area contributed by atoms with Gasteiger partial charge in [0.1, 0.15) is 5.52 Å². The van der Waals surface area contributed by atoms with Crippen LogP contribution in [0.2, 0.25) is 5.02 Å². The average Bonchev–Trinajstić information content (AvgIpc) is 2.73. The molecule has 1 aliphatic carbocycles. The summed E-state index contributed by atoms with van der Waals surface area (Å²) in [6.45, 7) is 2.25. The van der Waals surface area contributed by atoms with Gasteiger partial charge in [0.25, 0.3) is 0 Å². The summed E-state index contributed by atoms with van der Waals surface area (Å²) in [7, 11) is 0. The van der Waals surface area contributed by atoms with Crippen LogP contribution in [0.15, 0.2) is 12.3 Å². The number of anilines is 1. The van der Waals surface area contributed by atoms with E-state index in [-0.39, 0.29) is 0 Å². The summed E-state index contributed by atoms with van der Waals surface area (Å²) in [5.41, 5.74) is 7.78. The molecule has 1 aliphatic rings. The fourth-order valence-electron chi connectivity index (χ4n) is 3.31. The Morgan fingerprint density at radius 3 is 3.00 bits per heavy atom. The summed E-state index contributed by atoms with van der Waals surface area (Å²) in [4.78, 5) is 8.85. The number of nitrogens with zero attached hydrogens (tertiary/aromatic N) is 3. The van der Waals surface area contributed by atoms with E-state index in [0.29, 0.717) is 22.9 Å². The quantitative estimate of drug-likeness (QED) is 0.909. The molecular weight excluding hydrogens is 260 g/mol. The molecule has 3 rings (SSSR count). The highest BCUT2D eigenvalue weighted by Gasteiger charge is 2.28. The predicted octanol–water partition coefficient (Wildman–Crippen LogP) is 3.81. The Morgan fingerprint density at radius 1 is 1.42 bits per heavy atom. The summed E-state index contributed by atoms with van der Waals surface area (Å²) < 4.78 is 2.12. The van der Waals surface area contributed by atoms with Crippen LogP contribution in [0.3, 0.4) is 0 Å². The Kier molecular flexibility index (Phi) is 3.35. The molecule has 102 valence electrons. The van der Waals surface area contributed by atoms with Crippen molar-refractivity contribution in [1.29, 1.82) is 0 Å². The summed E-state index contributed by atoms with van der Waals surface area (Å²) in [6.07, 6.45) is 7.86. The van der Waals surface area contributed by atoms with Gasteiger partial charge in [-0.15, -0.1) is 0 Å². The highest BCUT2D eigenvalue weighted by molar-refractivity contribution is 6.31. The first-order valence-electron chi connectivity index (χ1n) is 6.99. The van der Waals surface area contributed by atoms with Crippen LogP contribution in [0.1, 0.15) is 45.1 Å². The second-order valence-electron chi connectivity index (χ2n) is 5.36. The number of aromatic nitrogens is 3. The molecule has 0 spiro atoms. The van der Waals surface area contributed by atoms with E-state index in [4.69, 9.17) is 17.3 Å². The van der Waals surface area contributed by atoms with Crippen LogP contribution in [0.5, 0.6) is 0 Å². The minimum absolute atomic E-state index is 0.428. The lowest BCUT2D eigenvalue weighted by Crippen LogP contribution is -2.24. The van der Waals surface area contributed by atoms with E-state index in [0.717, 1.165) is 11.2 Å². The fourth-order valence-corrected chi connectivity index (χ4v) is 3.46. The topological polar surface area (TPSA) is 56.7 Å². The molecule has 19 heavy (non-hydrogen) atoms. The van der Waals surface area contributed by atoms with E-state index in [9.17, 15) is 0 Å². The van der Waals surface area contributed by atoms with Gasteiger partial charge in [-0.3, -0.25) is 4.57 Å². The average molecular weight is 279 g/mol. The smallest absolute Gasteiger partial charge is 0.202 e. The molecule has 0 aliphatic heterocycles. The van der Waals surface area contributed by atoms with Crippen LogP contribution in [0, 0.1) is 5.92 Å². The number of nitrogen functional groups attached to an aromatic ring is 1. The minimum Gasteiger partial charge on any atom is -0.369 e. The van der Waals surface area contributed by atoms with Crippen LogP contribution < -0.4 is 5.73 Å². The summed E-state index contributed by atoms with van der Waals surface area (Å²) in [6, 6.07) is 2.26. The molecule has 2 aromatic heterocycles. The van der Waals surface area contributed by atoms with Crippen LogP contribution in [0.25, 0.3) is 11.2 Å². The number of pyridine rings is 1. The normalized spacial score (nSPS) is 23.9. The Bertz CT molecular complexity index is 592. The Balaban J connectivity index is 2.10. The third-order valence-electron chi connectivity index (χ3n) is 4.25. The number of imidazole rings is 1. The van der Waals surface area contributed by atoms with Crippen molar-refractivity contribution in [2.75, 3.05) is 5.73 Å². The lowest BCUT2D eigenvalue weighted by molar-refractivity contribution is 0.238. The Hall–Kier alpha value is -1.29. The van der Waals surface area contributed by atoms with Crippen molar-refractivity contribution in [2.45, 2.75) is 45.1 Å². The summed E-state index contributed by atoms with van der Waals surface area (Å²) in [5, 5.41) is 0.604. The van der Waals surface area contributed by atoms with Crippen molar-refractivity contribution < 1.29 is 0 Å². The van der Waals surface area contributed by atoms with Gasteiger partial charge in [0.15, 0.2) is 5.65 Å². The maximum atomic E-state index is 6.12. The third-order valence-corrected chi connectivity index (χ3v) is 4.46. The van der Waals surface area contributed by atoms with Crippen molar-refractivity contribution in [3.8, 4) is 0 Å². The maximum absolute atomic E-state index is 6.12. The molecule has 2 aromatic rings. The summed E-state index contributed by atoms with van der Waals surface area (Å²) in [5.74, 6) is 1.24. The van der Waals surface area contributed by atoms with Crippen molar-refractivity contribution in [1.82, 2.24) is 14.5 Å². The van der Waals surface area contributed by atoms with Gasteiger partial charge >= 0.3 is 0 Å². The number of rotatable bonds is 2. The van der Waals surface area contributed by atoms with Gasteiger partial charge in [-0.2, -0.15) is 0 Å². The lowest BCUT2D eigenvalue weighted by atomic mass is 9.82. The molecule has 0 saturated heterocycles. The number of fused-ring (bicyclic) bond motifs is 1. The largest absolute Gasteiger partial charge is 0.369 e. The van der Waals surface area contributed by atoms with Crippen LogP contribution in [-0.2, 0) is 0 Å². The molecule has 2 atom stereocenters. The first-order chi connectivity index (χ1) is 9.20. The van der Waals surface area contributed by atoms with Gasteiger partial charge in [0, 0.05) is 12.2 Å². The second-order valence-corrected chi connectivity index (χ2v) is 5.79. The Morgan fingerprint density at radius 2 is 2.21 bits per heavy atom. The zero-order valence-corrected chi connectivity index (χ0v) is 11.9. The van der Waals surface area contributed by atoms with Crippen LogP contribution in [-0.4, -0.2) is 14.5 Å². The zero-order valence-electron chi connectivity index (χ0n) is 11.1. The zero-order chi connectivity index (χ0) is 13.4. The molecule has 0 aromatic carbocycles. The third kappa shape index (κ3) is 2.18. The van der Waals surface area contributed by atoms with E-state index in [2.05, 4.69) is 21.5 Å². The van der Waals surface area contributed by atoms with E-state index in [1.54, 1.807) is 6.20 Å². The van der Waals surface area contributed by atoms with Gasteiger partial charge in [-0.25, -0.2) is 9.97 Å². The molecule has 4 nitrogen and oxygen atoms in total. The van der Waals surface area contributed by atoms with Crippen molar-refractivity contribution in [3.63, 3.8) is 0 Å². The van der Waals surface area contributed by atoms with E-state index in [1.807, 2.05) is 6.07 Å². The first kappa shape index (κ1) is 12.7. The van der Waals surface area contributed by atoms with E-state index >= 15 is 0 Å². The summed E-state index contributed by atoms with van der Waals surface area (Å²) >= 11 is 5.97. The SMILES string of the molecule is CCC1CCCCC1n1c(N)nc2cc(Cl)cnc21. The lowest BCUT2D eigenvalue weighted by Gasteiger charge is -2.32. The van der Waals surface area contributed by atoms with Crippen molar-refractivity contribution in [2.24, 2.45) is 5.92 Å². The fraction of sp³-hybridized carbons (Fsp3) is 0.571. The number of halogens is 1. The van der Waals surface area contributed by atoms with Gasteiger partial charge in [-0.1, -0.05) is 37.8 Å². The molecule has 0 amide bonds. The number of hydrogen-bond donors (Lipinski definition) is 1. The molecule has 0 radical (unpaired) electrons. The predicted molar refractivity (Wildman–Crippen MR) is 78.2 cm³/mol. The number of nitrogens with two attached hydrogens (primary N) is 1. The van der Waals surface area contributed by atoms with Gasteiger partial charge in [0.2, 0.25) is 5.95 Å². The van der Waals surface area contributed by atoms with E-state index < -0.39 is 0 Å². The molecule has 0 bridgehead atoms. The molecule has 2 heterocycles. The standard InChI is InChI=1S/C14H19ClN4/c1-2-9-5-3-4-6-12(9)19-13-11(18-14(19)16)7-10(15)8-17-13/h7-9,12H,2-6H2,1H3,(H2,16,18). The minimum atomic E-state index is 0.428. The maximum Gasteiger partial charge on any atom is 0.202 e. The first-order valence-corrected chi connectivity index (χ1v) is 7.37. The Labute approximate surface area is 118 Å². The molecule has 1 saturated carbocycles. The van der Waals surface area contributed by atoms with Crippen molar-refractivity contribution in [3.05, 3.63) is 17.3 Å². The van der Waals surface area contributed by atoms with Gasteiger partial charge in [0.05, 0.1) is 5.02 Å². The van der Waals surface area contributed by atoms with Gasteiger partial charge < -0.3 is 5.73 Å². The monoisotopic (exact) mass is 278 g/mol. The highest BCUT2D eigenvalue weighted by atomic mass is 35.5. The van der Waals surface area contributed by atoms with Crippen LogP contribution in [0.4, 0.5) is 5.95 Å². The van der Waals surface area contributed by atoms with Crippen LogP contribution >= 0.6 is 11.6 Å². The molecular formula is C14H19ClN4. The molecule has 2 unspecified atom stereocenters. The molecule has 1 fully saturated rings. The second kappa shape index (κ2) is 5.00. The van der Waals surface area contributed by atoms with Crippen molar-refractivity contribution >= 4 is 28.7 Å². The molecule has 2 N–H and O–H groups in total. The molecule has 5 heteroatoms.